The molecule has 2 heteroatoms. The van der Waals surface area contributed by atoms with E-state index in [9.17, 15) is 0 Å². The minimum absolute atomic E-state index is 0.685. The number of nitrogens with zero attached hydrogens (tertiary/aromatic N) is 1. The highest BCUT2D eigenvalue weighted by Crippen LogP contribution is 2.50. The molecule has 1 atom stereocenters. The Morgan fingerprint density at radius 3 is 2.36 bits per heavy atom. The van der Waals surface area contributed by atoms with Crippen LogP contribution in [0.2, 0.25) is 0 Å². The van der Waals surface area contributed by atoms with Crippen molar-refractivity contribution >= 4 is 0 Å². The highest BCUT2D eigenvalue weighted by atomic mass is 15.4. The van der Waals surface area contributed by atoms with Gasteiger partial charge in [-0.3, -0.25) is 5.84 Å². The van der Waals surface area contributed by atoms with Gasteiger partial charge in [0.05, 0.1) is 0 Å². The molecular formula is C12H24N2. The summed E-state index contributed by atoms with van der Waals surface area (Å²) in [4.78, 5) is 0. The van der Waals surface area contributed by atoms with Crippen LogP contribution in [-0.4, -0.2) is 18.1 Å². The number of hydrogen-bond acceptors (Lipinski definition) is 2. The number of rotatable bonds is 1. The first-order valence-corrected chi connectivity index (χ1v) is 6.11. The number of nitrogens with two attached hydrogens (primary N) is 1. The maximum Gasteiger partial charge on any atom is 0.0133 e. The quantitative estimate of drug-likeness (QED) is 0.653. The Morgan fingerprint density at radius 2 is 1.86 bits per heavy atom. The van der Waals surface area contributed by atoms with E-state index in [2.05, 4.69) is 13.8 Å². The van der Waals surface area contributed by atoms with Gasteiger partial charge in [0.1, 0.15) is 0 Å². The second-order valence-corrected chi connectivity index (χ2v) is 5.78. The molecule has 1 aliphatic heterocycles. The normalized spacial score (nSPS) is 33.0. The van der Waals surface area contributed by atoms with Crippen molar-refractivity contribution in [1.29, 1.82) is 0 Å². The lowest BCUT2D eigenvalue weighted by atomic mass is 9.76. The van der Waals surface area contributed by atoms with E-state index in [4.69, 9.17) is 5.84 Å². The van der Waals surface area contributed by atoms with Gasteiger partial charge in [-0.05, 0) is 49.4 Å². The van der Waals surface area contributed by atoms with Crippen molar-refractivity contribution in [2.24, 2.45) is 23.1 Å². The molecule has 0 aromatic rings. The summed E-state index contributed by atoms with van der Waals surface area (Å²) >= 11 is 0. The largest absolute Gasteiger partial charge is 0.269 e. The number of hydrazine groups is 1. The van der Waals surface area contributed by atoms with Crippen molar-refractivity contribution in [2.75, 3.05) is 13.1 Å². The van der Waals surface area contributed by atoms with Gasteiger partial charge in [-0.25, -0.2) is 5.01 Å². The van der Waals surface area contributed by atoms with Gasteiger partial charge in [0.25, 0.3) is 0 Å². The zero-order chi connectivity index (χ0) is 10.2. The van der Waals surface area contributed by atoms with Crippen LogP contribution in [0.4, 0.5) is 0 Å². The van der Waals surface area contributed by atoms with Gasteiger partial charge < -0.3 is 0 Å². The summed E-state index contributed by atoms with van der Waals surface area (Å²) in [5, 5.41) is 1.99. The molecule has 2 aliphatic rings. The average Bonchev–Trinajstić information content (AvgIpc) is 2.56. The Morgan fingerprint density at radius 1 is 1.21 bits per heavy atom. The molecule has 0 aromatic carbocycles. The monoisotopic (exact) mass is 196 g/mol. The van der Waals surface area contributed by atoms with Crippen molar-refractivity contribution in [1.82, 2.24) is 5.01 Å². The van der Waals surface area contributed by atoms with E-state index in [1.165, 1.54) is 32.1 Å². The molecule has 1 heterocycles. The van der Waals surface area contributed by atoms with Crippen molar-refractivity contribution in [2.45, 2.75) is 46.0 Å². The maximum atomic E-state index is 5.81. The molecule has 1 saturated heterocycles. The fourth-order valence-electron chi connectivity index (χ4n) is 3.27. The zero-order valence-corrected chi connectivity index (χ0v) is 9.63. The third kappa shape index (κ3) is 1.96. The minimum Gasteiger partial charge on any atom is -0.269 e. The molecule has 2 nitrogen and oxygen atoms in total. The molecule has 0 radical (unpaired) electrons. The van der Waals surface area contributed by atoms with Crippen molar-refractivity contribution < 1.29 is 0 Å². The van der Waals surface area contributed by atoms with Crippen LogP contribution in [0.15, 0.2) is 0 Å². The van der Waals surface area contributed by atoms with E-state index >= 15 is 0 Å². The second kappa shape index (κ2) is 3.82. The van der Waals surface area contributed by atoms with Gasteiger partial charge in [-0.1, -0.05) is 13.8 Å². The Balaban J connectivity index is 1.93. The van der Waals surface area contributed by atoms with Gasteiger partial charge in [0.15, 0.2) is 0 Å². The standard InChI is InChI=1S/C12H24N2/c1-10(2)11-3-4-12(9-11)5-7-14(13)8-6-12/h10-11H,3-9,13H2,1-2H3. The van der Waals surface area contributed by atoms with Crippen LogP contribution in [0, 0.1) is 17.3 Å². The Hall–Kier alpha value is -0.0800. The maximum absolute atomic E-state index is 5.81. The smallest absolute Gasteiger partial charge is 0.0133 e. The Labute approximate surface area is 87.8 Å². The van der Waals surface area contributed by atoms with Crippen LogP contribution in [0.25, 0.3) is 0 Å². The molecule has 1 aliphatic carbocycles. The zero-order valence-electron chi connectivity index (χ0n) is 9.63. The second-order valence-electron chi connectivity index (χ2n) is 5.78. The third-order valence-electron chi connectivity index (χ3n) is 4.54. The van der Waals surface area contributed by atoms with E-state index < -0.39 is 0 Å². The summed E-state index contributed by atoms with van der Waals surface area (Å²) in [7, 11) is 0. The summed E-state index contributed by atoms with van der Waals surface area (Å²) in [6.07, 6.45) is 7.07. The number of piperidine rings is 1. The molecule has 0 aromatic heterocycles. The highest BCUT2D eigenvalue weighted by molar-refractivity contribution is 4.92. The first kappa shape index (κ1) is 10.4. The average molecular weight is 196 g/mol. The van der Waals surface area contributed by atoms with Crippen LogP contribution in [0.1, 0.15) is 46.0 Å². The van der Waals surface area contributed by atoms with E-state index in [0.29, 0.717) is 5.41 Å². The minimum atomic E-state index is 0.685. The van der Waals surface area contributed by atoms with Gasteiger partial charge in [0.2, 0.25) is 0 Å². The third-order valence-corrected chi connectivity index (χ3v) is 4.54. The Kier molecular flexibility index (Phi) is 2.85. The van der Waals surface area contributed by atoms with E-state index in [1.54, 1.807) is 0 Å². The predicted octanol–water partition coefficient (Wildman–Crippen LogP) is 2.40. The lowest BCUT2D eigenvalue weighted by Gasteiger charge is -2.38. The predicted molar refractivity (Wildman–Crippen MR) is 59.6 cm³/mol. The molecule has 2 rings (SSSR count). The fourth-order valence-corrected chi connectivity index (χ4v) is 3.27. The molecule has 0 bridgehead atoms. The summed E-state index contributed by atoms with van der Waals surface area (Å²) < 4.78 is 0. The van der Waals surface area contributed by atoms with Gasteiger partial charge in [-0.15, -0.1) is 0 Å². The molecule has 2 N–H and O–H groups in total. The molecule has 1 unspecified atom stereocenters. The van der Waals surface area contributed by atoms with Crippen LogP contribution in [-0.2, 0) is 0 Å². The van der Waals surface area contributed by atoms with Crippen molar-refractivity contribution in [3.63, 3.8) is 0 Å². The van der Waals surface area contributed by atoms with Crippen molar-refractivity contribution in [3.8, 4) is 0 Å². The van der Waals surface area contributed by atoms with Crippen LogP contribution >= 0.6 is 0 Å². The van der Waals surface area contributed by atoms with Gasteiger partial charge in [0, 0.05) is 13.1 Å². The summed E-state index contributed by atoms with van der Waals surface area (Å²) in [5.74, 6) is 7.68. The topological polar surface area (TPSA) is 29.3 Å². The summed E-state index contributed by atoms with van der Waals surface area (Å²) in [6, 6.07) is 0. The highest BCUT2D eigenvalue weighted by Gasteiger charge is 2.41. The molecule has 14 heavy (non-hydrogen) atoms. The molecular weight excluding hydrogens is 172 g/mol. The lowest BCUT2D eigenvalue weighted by molar-refractivity contribution is 0.103. The molecule has 1 spiro atoms. The van der Waals surface area contributed by atoms with Gasteiger partial charge in [-0.2, -0.15) is 0 Å². The summed E-state index contributed by atoms with van der Waals surface area (Å²) in [6.45, 7) is 6.99. The van der Waals surface area contributed by atoms with Crippen LogP contribution < -0.4 is 5.84 Å². The number of hydrogen-bond donors (Lipinski definition) is 1. The van der Waals surface area contributed by atoms with E-state index in [1.807, 2.05) is 5.01 Å². The lowest BCUT2D eigenvalue weighted by Crippen LogP contribution is -2.42. The Bertz CT molecular complexity index is 192. The van der Waals surface area contributed by atoms with E-state index in [-0.39, 0.29) is 0 Å². The SMILES string of the molecule is CC(C)C1CCC2(CCN(N)CC2)C1. The van der Waals surface area contributed by atoms with Crippen molar-refractivity contribution in [3.05, 3.63) is 0 Å². The van der Waals surface area contributed by atoms with Crippen LogP contribution in [0.3, 0.4) is 0 Å². The van der Waals surface area contributed by atoms with Crippen LogP contribution in [0.5, 0.6) is 0 Å². The first-order valence-electron chi connectivity index (χ1n) is 6.11. The fraction of sp³-hybridized carbons (Fsp3) is 1.00. The van der Waals surface area contributed by atoms with E-state index in [0.717, 1.165) is 24.9 Å². The first-order chi connectivity index (χ1) is 6.61. The van der Waals surface area contributed by atoms with Gasteiger partial charge >= 0.3 is 0 Å². The molecule has 82 valence electrons. The molecule has 0 amide bonds. The molecule has 1 saturated carbocycles. The molecule has 2 fully saturated rings. The summed E-state index contributed by atoms with van der Waals surface area (Å²) in [5.41, 5.74) is 0.685.